The molecule has 1 fully saturated rings. The molecule has 0 radical (unpaired) electrons. The molecule has 0 saturated carbocycles. The van der Waals surface area contributed by atoms with Gasteiger partial charge in [0.2, 0.25) is 5.91 Å². The van der Waals surface area contributed by atoms with E-state index in [1.54, 1.807) is 6.07 Å². The number of aliphatic imine (C=N–C) groups is 1. The molecule has 1 unspecified atom stereocenters. The van der Waals surface area contributed by atoms with Gasteiger partial charge < -0.3 is 15.5 Å². The summed E-state index contributed by atoms with van der Waals surface area (Å²) in [5.74, 6) is 0.681. The molecule has 1 aliphatic heterocycles. The van der Waals surface area contributed by atoms with E-state index in [0.29, 0.717) is 22.5 Å². The molecule has 1 aromatic rings. The summed E-state index contributed by atoms with van der Waals surface area (Å²) in [6.07, 6.45) is 3.37. The predicted molar refractivity (Wildman–Crippen MR) is 104 cm³/mol. The van der Waals surface area contributed by atoms with Crippen molar-refractivity contribution in [1.29, 1.82) is 0 Å². The summed E-state index contributed by atoms with van der Waals surface area (Å²) in [6, 6.07) is 5.36. The Hall–Kier alpha value is -1.46. The van der Waals surface area contributed by atoms with Crippen LogP contribution in [0, 0.1) is 0 Å². The van der Waals surface area contributed by atoms with Crippen LogP contribution in [0.3, 0.4) is 0 Å². The zero-order valence-corrected chi connectivity index (χ0v) is 16.3. The predicted octanol–water partition coefficient (Wildman–Crippen LogP) is 3.62. The summed E-state index contributed by atoms with van der Waals surface area (Å²) in [6.45, 7) is 6.53. The van der Waals surface area contributed by atoms with Crippen molar-refractivity contribution < 1.29 is 4.79 Å². The molecule has 1 aliphatic rings. The molecule has 138 valence electrons. The molecule has 1 atom stereocenters. The highest BCUT2D eigenvalue weighted by Gasteiger charge is 2.17. The Morgan fingerprint density at radius 1 is 1.28 bits per heavy atom. The van der Waals surface area contributed by atoms with Crippen LogP contribution in [0.15, 0.2) is 23.2 Å². The van der Waals surface area contributed by atoms with Crippen LogP contribution in [0.1, 0.15) is 44.7 Å². The van der Waals surface area contributed by atoms with E-state index in [2.05, 4.69) is 15.6 Å². The fourth-order valence-corrected chi connectivity index (χ4v) is 3.42. The molecule has 1 heterocycles. The van der Waals surface area contributed by atoms with E-state index in [-0.39, 0.29) is 18.5 Å². The molecule has 0 aromatic heterocycles. The van der Waals surface area contributed by atoms with E-state index in [9.17, 15) is 4.79 Å². The Balaban J connectivity index is 1.99. The minimum Gasteiger partial charge on any atom is -0.357 e. The number of nitrogens with one attached hydrogen (secondary N) is 2. The monoisotopic (exact) mass is 384 g/mol. The second-order valence-electron chi connectivity index (χ2n) is 6.17. The van der Waals surface area contributed by atoms with Crippen LogP contribution in [0.5, 0.6) is 0 Å². The van der Waals surface area contributed by atoms with E-state index in [0.717, 1.165) is 31.5 Å². The fourth-order valence-electron chi connectivity index (χ4n) is 2.85. The van der Waals surface area contributed by atoms with E-state index < -0.39 is 0 Å². The highest BCUT2D eigenvalue weighted by Crippen LogP contribution is 2.25. The fraction of sp³-hybridized carbons (Fsp3) is 0.556. The van der Waals surface area contributed by atoms with Gasteiger partial charge in [-0.2, -0.15) is 0 Å². The zero-order valence-electron chi connectivity index (χ0n) is 14.8. The van der Waals surface area contributed by atoms with Crippen molar-refractivity contribution in [3.05, 3.63) is 33.8 Å². The van der Waals surface area contributed by atoms with Gasteiger partial charge in [0, 0.05) is 29.7 Å². The molecule has 0 spiro atoms. The van der Waals surface area contributed by atoms with Gasteiger partial charge in [-0.3, -0.25) is 4.79 Å². The van der Waals surface area contributed by atoms with Gasteiger partial charge in [-0.15, -0.1) is 0 Å². The van der Waals surface area contributed by atoms with Gasteiger partial charge in [0.05, 0.1) is 6.04 Å². The SMILES string of the molecule is CCNC(=NCC(=O)N1CCCCC1)NC(C)c1ccc(Cl)cc1Cl. The maximum atomic E-state index is 12.3. The summed E-state index contributed by atoms with van der Waals surface area (Å²) in [5, 5.41) is 7.67. The van der Waals surface area contributed by atoms with E-state index >= 15 is 0 Å². The molecule has 2 rings (SSSR count). The second-order valence-corrected chi connectivity index (χ2v) is 7.01. The van der Waals surface area contributed by atoms with Gasteiger partial charge in [-0.25, -0.2) is 4.99 Å². The number of carbonyl (C=O) groups excluding carboxylic acids is 1. The van der Waals surface area contributed by atoms with Gasteiger partial charge in [-0.1, -0.05) is 29.3 Å². The summed E-state index contributed by atoms with van der Waals surface area (Å²) in [7, 11) is 0. The molecular weight excluding hydrogens is 359 g/mol. The van der Waals surface area contributed by atoms with Crippen molar-refractivity contribution in [3.63, 3.8) is 0 Å². The highest BCUT2D eigenvalue weighted by molar-refractivity contribution is 6.35. The molecule has 25 heavy (non-hydrogen) atoms. The number of rotatable bonds is 5. The van der Waals surface area contributed by atoms with Crippen molar-refractivity contribution in [1.82, 2.24) is 15.5 Å². The largest absolute Gasteiger partial charge is 0.357 e. The lowest BCUT2D eigenvalue weighted by atomic mass is 10.1. The smallest absolute Gasteiger partial charge is 0.244 e. The Morgan fingerprint density at radius 2 is 2.00 bits per heavy atom. The Kier molecular flexibility index (Phi) is 7.85. The first-order chi connectivity index (χ1) is 12.0. The van der Waals surface area contributed by atoms with Crippen LogP contribution in [0.4, 0.5) is 0 Å². The Morgan fingerprint density at radius 3 is 2.64 bits per heavy atom. The quantitative estimate of drug-likeness (QED) is 0.601. The zero-order chi connectivity index (χ0) is 18.2. The molecule has 1 saturated heterocycles. The number of hydrogen-bond acceptors (Lipinski definition) is 2. The molecule has 5 nitrogen and oxygen atoms in total. The van der Waals surface area contributed by atoms with Crippen molar-refractivity contribution in [2.24, 2.45) is 4.99 Å². The number of carbonyl (C=O) groups is 1. The molecule has 1 amide bonds. The number of amides is 1. The minimum atomic E-state index is -0.0624. The average Bonchev–Trinajstić information content (AvgIpc) is 2.60. The summed E-state index contributed by atoms with van der Waals surface area (Å²) >= 11 is 12.2. The van der Waals surface area contributed by atoms with Gasteiger partial charge >= 0.3 is 0 Å². The normalized spacial score (nSPS) is 16.5. The third kappa shape index (κ3) is 6.08. The lowest BCUT2D eigenvalue weighted by molar-refractivity contribution is -0.130. The maximum absolute atomic E-state index is 12.3. The van der Waals surface area contributed by atoms with Gasteiger partial charge in [-0.05, 0) is 50.8 Å². The summed E-state index contributed by atoms with van der Waals surface area (Å²) in [4.78, 5) is 18.6. The van der Waals surface area contributed by atoms with Gasteiger partial charge in [0.25, 0.3) is 0 Å². The topological polar surface area (TPSA) is 56.7 Å². The van der Waals surface area contributed by atoms with Crippen LogP contribution in [0.25, 0.3) is 0 Å². The van der Waals surface area contributed by atoms with Crippen molar-refractivity contribution >= 4 is 35.1 Å². The van der Waals surface area contributed by atoms with E-state index in [1.165, 1.54) is 6.42 Å². The number of nitrogens with zero attached hydrogens (tertiary/aromatic N) is 2. The van der Waals surface area contributed by atoms with Gasteiger partial charge in [0.1, 0.15) is 6.54 Å². The highest BCUT2D eigenvalue weighted by atomic mass is 35.5. The van der Waals surface area contributed by atoms with E-state index in [1.807, 2.05) is 30.9 Å². The number of halogens is 2. The molecular formula is C18H26Cl2N4O. The third-order valence-electron chi connectivity index (χ3n) is 4.21. The van der Waals surface area contributed by atoms with Crippen LogP contribution < -0.4 is 10.6 Å². The maximum Gasteiger partial charge on any atom is 0.244 e. The molecule has 1 aromatic carbocycles. The summed E-state index contributed by atoms with van der Waals surface area (Å²) in [5.41, 5.74) is 0.930. The molecule has 0 bridgehead atoms. The van der Waals surface area contributed by atoms with Crippen LogP contribution in [-0.4, -0.2) is 42.9 Å². The standard InChI is InChI=1S/C18H26Cl2N4O/c1-3-21-18(22-12-17(25)24-9-5-4-6-10-24)23-13(2)15-8-7-14(19)11-16(15)20/h7-8,11,13H,3-6,9-10,12H2,1-2H3,(H2,21,22,23). The van der Waals surface area contributed by atoms with Crippen LogP contribution in [0.2, 0.25) is 10.0 Å². The number of likely N-dealkylation sites (tertiary alicyclic amines) is 1. The number of benzene rings is 1. The van der Waals surface area contributed by atoms with Crippen LogP contribution >= 0.6 is 23.2 Å². The first-order valence-corrected chi connectivity index (χ1v) is 9.54. The van der Waals surface area contributed by atoms with E-state index in [4.69, 9.17) is 23.2 Å². The van der Waals surface area contributed by atoms with Crippen LogP contribution in [-0.2, 0) is 4.79 Å². The average molecular weight is 385 g/mol. The minimum absolute atomic E-state index is 0.0624. The second kappa shape index (κ2) is 9.88. The first-order valence-electron chi connectivity index (χ1n) is 8.78. The first kappa shape index (κ1) is 19.9. The Bertz CT molecular complexity index is 615. The number of piperidine rings is 1. The molecule has 0 aliphatic carbocycles. The Labute approximate surface area is 159 Å². The summed E-state index contributed by atoms with van der Waals surface area (Å²) < 4.78 is 0. The number of guanidine groups is 1. The molecule has 2 N–H and O–H groups in total. The molecule has 7 heteroatoms. The van der Waals surface area contributed by atoms with Crippen molar-refractivity contribution in [2.75, 3.05) is 26.2 Å². The lowest BCUT2D eigenvalue weighted by Gasteiger charge is -2.26. The number of hydrogen-bond donors (Lipinski definition) is 2. The third-order valence-corrected chi connectivity index (χ3v) is 4.77. The van der Waals surface area contributed by atoms with Crippen molar-refractivity contribution in [2.45, 2.75) is 39.2 Å². The van der Waals surface area contributed by atoms with Gasteiger partial charge in [0.15, 0.2) is 5.96 Å². The lowest BCUT2D eigenvalue weighted by Crippen LogP contribution is -2.41. The van der Waals surface area contributed by atoms with Crippen molar-refractivity contribution in [3.8, 4) is 0 Å².